The molecule has 0 atom stereocenters. The average Bonchev–Trinajstić information content (AvgIpc) is 2.34. The molecule has 0 saturated heterocycles. The minimum Gasteiger partial charge on any atom is -0.382 e. The lowest BCUT2D eigenvalue weighted by Gasteiger charge is -2.28. The SMILES string of the molecule is CCOCCCCNC1CCC(CC)CC1. The maximum Gasteiger partial charge on any atom is 0.0466 e. The maximum atomic E-state index is 5.33. The quantitative estimate of drug-likeness (QED) is 0.642. The Morgan fingerprint density at radius 2 is 1.81 bits per heavy atom. The van der Waals surface area contributed by atoms with Crippen molar-refractivity contribution in [3.05, 3.63) is 0 Å². The van der Waals surface area contributed by atoms with Crippen LogP contribution >= 0.6 is 0 Å². The van der Waals surface area contributed by atoms with Crippen LogP contribution in [0.1, 0.15) is 58.8 Å². The summed E-state index contributed by atoms with van der Waals surface area (Å²) < 4.78 is 5.33. The summed E-state index contributed by atoms with van der Waals surface area (Å²) in [6, 6.07) is 0.801. The van der Waals surface area contributed by atoms with Crippen LogP contribution in [0.4, 0.5) is 0 Å². The second-order valence-electron chi connectivity index (χ2n) is 4.98. The molecule has 0 aromatic heterocycles. The van der Waals surface area contributed by atoms with Gasteiger partial charge in [-0.1, -0.05) is 13.3 Å². The first-order chi connectivity index (χ1) is 7.86. The molecule has 16 heavy (non-hydrogen) atoms. The van der Waals surface area contributed by atoms with Crippen LogP contribution in [0.2, 0.25) is 0 Å². The van der Waals surface area contributed by atoms with E-state index in [-0.39, 0.29) is 0 Å². The zero-order chi connectivity index (χ0) is 11.6. The molecule has 1 fully saturated rings. The van der Waals surface area contributed by atoms with E-state index < -0.39 is 0 Å². The highest BCUT2D eigenvalue weighted by atomic mass is 16.5. The fourth-order valence-corrected chi connectivity index (χ4v) is 2.55. The number of hydrogen-bond donors (Lipinski definition) is 1. The largest absolute Gasteiger partial charge is 0.382 e. The van der Waals surface area contributed by atoms with Crippen molar-refractivity contribution >= 4 is 0 Å². The fraction of sp³-hybridized carbons (Fsp3) is 1.00. The van der Waals surface area contributed by atoms with Gasteiger partial charge in [0.25, 0.3) is 0 Å². The van der Waals surface area contributed by atoms with E-state index in [1.165, 1.54) is 51.5 Å². The van der Waals surface area contributed by atoms with E-state index in [1.54, 1.807) is 0 Å². The van der Waals surface area contributed by atoms with Gasteiger partial charge in [-0.25, -0.2) is 0 Å². The van der Waals surface area contributed by atoms with E-state index in [9.17, 15) is 0 Å². The van der Waals surface area contributed by atoms with Gasteiger partial charge in [0.2, 0.25) is 0 Å². The Morgan fingerprint density at radius 3 is 2.44 bits per heavy atom. The summed E-state index contributed by atoms with van der Waals surface area (Å²) in [4.78, 5) is 0. The van der Waals surface area contributed by atoms with Gasteiger partial charge in [0, 0.05) is 19.3 Å². The molecule has 1 saturated carbocycles. The van der Waals surface area contributed by atoms with Crippen LogP contribution in [0.3, 0.4) is 0 Å². The number of nitrogens with one attached hydrogen (secondary N) is 1. The summed E-state index contributed by atoms with van der Waals surface area (Å²) in [6.45, 7) is 7.35. The van der Waals surface area contributed by atoms with Gasteiger partial charge in [-0.3, -0.25) is 0 Å². The Balaban J connectivity index is 1.90. The third-order valence-corrected chi connectivity index (χ3v) is 3.78. The fourth-order valence-electron chi connectivity index (χ4n) is 2.55. The summed E-state index contributed by atoms with van der Waals surface area (Å²) in [5.41, 5.74) is 0. The van der Waals surface area contributed by atoms with Gasteiger partial charge in [0.05, 0.1) is 0 Å². The minimum atomic E-state index is 0.801. The molecule has 1 rings (SSSR count). The predicted molar refractivity (Wildman–Crippen MR) is 69.8 cm³/mol. The van der Waals surface area contributed by atoms with E-state index >= 15 is 0 Å². The van der Waals surface area contributed by atoms with Crippen LogP contribution in [0.15, 0.2) is 0 Å². The normalized spacial score (nSPS) is 25.9. The van der Waals surface area contributed by atoms with Crippen LogP contribution in [0, 0.1) is 5.92 Å². The Morgan fingerprint density at radius 1 is 1.06 bits per heavy atom. The summed E-state index contributed by atoms with van der Waals surface area (Å²) in [6.07, 6.45) is 9.49. The Kier molecular flexibility index (Phi) is 7.87. The second kappa shape index (κ2) is 9.00. The summed E-state index contributed by atoms with van der Waals surface area (Å²) in [7, 11) is 0. The van der Waals surface area contributed by atoms with Gasteiger partial charge in [-0.2, -0.15) is 0 Å². The van der Waals surface area contributed by atoms with E-state index in [0.29, 0.717) is 0 Å². The van der Waals surface area contributed by atoms with Crippen molar-refractivity contribution in [1.82, 2.24) is 5.32 Å². The summed E-state index contributed by atoms with van der Waals surface area (Å²) in [5.74, 6) is 1.01. The highest BCUT2D eigenvalue weighted by Crippen LogP contribution is 2.26. The highest BCUT2D eigenvalue weighted by molar-refractivity contribution is 4.76. The lowest BCUT2D eigenvalue weighted by molar-refractivity contribution is 0.143. The molecule has 0 aliphatic heterocycles. The molecule has 0 radical (unpaired) electrons. The molecule has 0 amide bonds. The Bertz CT molecular complexity index is 153. The molecule has 0 aromatic rings. The molecule has 0 aromatic carbocycles. The standard InChI is InChI=1S/C14H29NO/c1-3-13-7-9-14(10-8-13)15-11-5-6-12-16-4-2/h13-15H,3-12H2,1-2H3. The Hall–Kier alpha value is -0.0800. The maximum absolute atomic E-state index is 5.33. The van der Waals surface area contributed by atoms with E-state index in [2.05, 4.69) is 19.2 Å². The lowest BCUT2D eigenvalue weighted by Crippen LogP contribution is -2.33. The number of rotatable bonds is 8. The molecule has 96 valence electrons. The third-order valence-electron chi connectivity index (χ3n) is 3.78. The van der Waals surface area contributed by atoms with Gasteiger partial charge < -0.3 is 10.1 Å². The number of hydrogen-bond acceptors (Lipinski definition) is 2. The van der Waals surface area contributed by atoms with Crippen LogP contribution in [0.25, 0.3) is 0 Å². The van der Waals surface area contributed by atoms with E-state index in [4.69, 9.17) is 4.74 Å². The smallest absolute Gasteiger partial charge is 0.0466 e. The first-order valence-electron chi connectivity index (χ1n) is 7.18. The lowest BCUT2D eigenvalue weighted by atomic mass is 9.84. The summed E-state index contributed by atoms with van der Waals surface area (Å²) >= 11 is 0. The summed E-state index contributed by atoms with van der Waals surface area (Å²) in [5, 5.41) is 3.69. The topological polar surface area (TPSA) is 21.3 Å². The average molecular weight is 227 g/mol. The molecule has 2 nitrogen and oxygen atoms in total. The van der Waals surface area contributed by atoms with Crippen molar-refractivity contribution in [2.45, 2.75) is 64.8 Å². The zero-order valence-corrected chi connectivity index (χ0v) is 11.1. The van der Waals surface area contributed by atoms with Crippen LogP contribution < -0.4 is 5.32 Å². The molecule has 1 aliphatic carbocycles. The first-order valence-corrected chi connectivity index (χ1v) is 7.18. The number of ether oxygens (including phenoxy) is 1. The molecule has 0 spiro atoms. The molecule has 0 unspecified atom stereocenters. The second-order valence-corrected chi connectivity index (χ2v) is 4.98. The van der Waals surface area contributed by atoms with Gasteiger partial charge in [0.15, 0.2) is 0 Å². The van der Waals surface area contributed by atoms with Crippen LogP contribution in [0.5, 0.6) is 0 Å². The van der Waals surface area contributed by atoms with Crippen LogP contribution in [-0.4, -0.2) is 25.8 Å². The molecule has 2 heteroatoms. The van der Waals surface area contributed by atoms with Crippen molar-refractivity contribution < 1.29 is 4.74 Å². The molecule has 1 N–H and O–H groups in total. The van der Waals surface area contributed by atoms with Crippen molar-refractivity contribution in [3.8, 4) is 0 Å². The van der Waals surface area contributed by atoms with Gasteiger partial charge in [-0.15, -0.1) is 0 Å². The molecular formula is C14H29NO. The monoisotopic (exact) mass is 227 g/mol. The first kappa shape index (κ1) is 14.0. The van der Waals surface area contributed by atoms with Crippen LogP contribution in [-0.2, 0) is 4.74 Å². The van der Waals surface area contributed by atoms with Gasteiger partial charge in [-0.05, 0) is 57.9 Å². The molecule has 0 heterocycles. The van der Waals surface area contributed by atoms with Crippen molar-refractivity contribution in [3.63, 3.8) is 0 Å². The molecular weight excluding hydrogens is 198 g/mol. The van der Waals surface area contributed by atoms with Gasteiger partial charge in [0.1, 0.15) is 0 Å². The van der Waals surface area contributed by atoms with Crippen molar-refractivity contribution in [2.75, 3.05) is 19.8 Å². The Labute approximate surface area is 101 Å². The minimum absolute atomic E-state index is 0.801. The van der Waals surface area contributed by atoms with E-state index in [0.717, 1.165) is 25.2 Å². The van der Waals surface area contributed by atoms with E-state index in [1.807, 2.05) is 0 Å². The highest BCUT2D eigenvalue weighted by Gasteiger charge is 2.18. The number of unbranched alkanes of at least 4 members (excludes halogenated alkanes) is 1. The zero-order valence-electron chi connectivity index (χ0n) is 11.1. The van der Waals surface area contributed by atoms with Gasteiger partial charge >= 0.3 is 0 Å². The van der Waals surface area contributed by atoms with Crippen molar-refractivity contribution in [2.24, 2.45) is 5.92 Å². The van der Waals surface area contributed by atoms with Crippen molar-refractivity contribution in [1.29, 1.82) is 0 Å². The third kappa shape index (κ3) is 5.86. The molecule has 0 bridgehead atoms. The predicted octanol–water partition coefficient (Wildman–Crippen LogP) is 3.36. The molecule has 1 aliphatic rings.